The average Bonchev–Trinajstić information content (AvgIpc) is 2.72. The predicted octanol–water partition coefficient (Wildman–Crippen LogP) is 2.34. The number of aromatic nitrogens is 2. The van der Waals surface area contributed by atoms with E-state index in [0.717, 1.165) is 11.6 Å². The molecular formula is C20H26N4O3. The molecule has 0 N–H and O–H groups in total. The summed E-state index contributed by atoms with van der Waals surface area (Å²) in [4.78, 5) is 24.9. The maximum absolute atomic E-state index is 12.4. The standard InChI is InChI=1S/C20H26N4O3/c1-15(2)16-4-6-17(7-5-16)27-14-20(25)24-10-8-23(9-11-24)18-12-21-13-19(22-18)26-3/h4-7,12-13,15H,8-11,14H2,1-3H3. The molecule has 0 saturated carbocycles. The van der Waals surface area contributed by atoms with Crippen LogP contribution in [0.4, 0.5) is 5.82 Å². The van der Waals surface area contributed by atoms with Crippen molar-refractivity contribution in [1.82, 2.24) is 14.9 Å². The molecule has 1 saturated heterocycles. The van der Waals surface area contributed by atoms with Crippen LogP contribution in [0, 0.1) is 0 Å². The minimum atomic E-state index is -0.000637. The van der Waals surface area contributed by atoms with Crippen molar-refractivity contribution in [2.45, 2.75) is 19.8 Å². The Labute approximate surface area is 159 Å². The molecule has 27 heavy (non-hydrogen) atoms. The first-order chi connectivity index (χ1) is 13.1. The van der Waals surface area contributed by atoms with Crippen LogP contribution in [0.5, 0.6) is 11.6 Å². The highest BCUT2D eigenvalue weighted by molar-refractivity contribution is 5.78. The van der Waals surface area contributed by atoms with Crippen molar-refractivity contribution < 1.29 is 14.3 Å². The molecule has 144 valence electrons. The zero-order valence-electron chi connectivity index (χ0n) is 16.1. The Morgan fingerprint density at radius 1 is 1.11 bits per heavy atom. The van der Waals surface area contributed by atoms with Gasteiger partial charge in [-0.1, -0.05) is 26.0 Å². The molecule has 7 heteroatoms. The summed E-state index contributed by atoms with van der Waals surface area (Å²) in [5.74, 6) is 2.45. The Kier molecular flexibility index (Phi) is 6.11. The third-order valence-electron chi connectivity index (χ3n) is 4.67. The Morgan fingerprint density at radius 3 is 2.44 bits per heavy atom. The number of carbonyl (C=O) groups is 1. The molecule has 0 radical (unpaired) electrons. The molecule has 7 nitrogen and oxygen atoms in total. The number of hydrogen-bond donors (Lipinski definition) is 0. The van der Waals surface area contributed by atoms with Gasteiger partial charge >= 0.3 is 0 Å². The van der Waals surface area contributed by atoms with Gasteiger partial charge < -0.3 is 19.3 Å². The van der Waals surface area contributed by atoms with Crippen LogP contribution < -0.4 is 14.4 Å². The van der Waals surface area contributed by atoms with E-state index in [1.54, 1.807) is 19.5 Å². The molecule has 0 aliphatic carbocycles. The number of ether oxygens (including phenoxy) is 2. The zero-order valence-corrected chi connectivity index (χ0v) is 16.1. The van der Waals surface area contributed by atoms with Gasteiger partial charge in [-0.15, -0.1) is 0 Å². The van der Waals surface area contributed by atoms with Crippen LogP contribution in [-0.4, -0.2) is 60.7 Å². The van der Waals surface area contributed by atoms with E-state index in [9.17, 15) is 4.79 Å². The van der Waals surface area contributed by atoms with Crippen LogP contribution in [0.2, 0.25) is 0 Å². The molecule has 0 unspecified atom stereocenters. The fourth-order valence-electron chi connectivity index (χ4n) is 2.96. The zero-order chi connectivity index (χ0) is 19.2. The molecule has 3 rings (SSSR count). The van der Waals surface area contributed by atoms with Crippen LogP contribution in [0.1, 0.15) is 25.3 Å². The summed E-state index contributed by atoms with van der Waals surface area (Å²) in [5, 5.41) is 0. The Balaban J connectivity index is 1.48. The summed E-state index contributed by atoms with van der Waals surface area (Å²) in [7, 11) is 1.57. The van der Waals surface area contributed by atoms with Crippen molar-refractivity contribution in [3.63, 3.8) is 0 Å². The number of hydrogen-bond acceptors (Lipinski definition) is 6. The quantitative estimate of drug-likeness (QED) is 0.777. The molecule has 2 heterocycles. The van der Waals surface area contributed by atoms with E-state index in [0.29, 0.717) is 38.0 Å². The summed E-state index contributed by atoms with van der Waals surface area (Å²) < 4.78 is 10.8. The number of nitrogens with zero attached hydrogens (tertiary/aromatic N) is 4. The van der Waals surface area contributed by atoms with Gasteiger partial charge in [0.1, 0.15) is 5.75 Å². The normalized spacial score (nSPS) is 14.4. The molecule has 1 aliphatic heterocycles. The fraction of sp³-hybridized carbons (Fsp3) is 0.450. The minimum absolute atomic E-state index is 0.000637. The van der Waals surface area contributed by atoms with Gasteiger partial charge in [-0.25, -0.2) is 0 Å². The number of methoxy groups -OCH3 is 1. The van der Waals surface area contributed by atoms with Gasteiger partial charge in [0.2, 0.25) is 5.88 Å². The van der Waals surface area contributed by atoms with E-state index in [2.05, 4.69) is 28.7 Å². The first-order valence-corrected chi connectivity index (χ1v) is 9.18. The Hall–Kier alpha value is -2.83. The van der Waals surface area contributed by atoms with Gasteiger partial charge in [0, 0.05) is 26.2 Å². The molecule has 1 amide bonds. The minimum Gasteiger partial charge on any atom is -0.484 e. The average molecular weight is 370 g/mol. The smallest absolute Gasteiger partial charge is 0.260 e. The molecule has 1 aliphatic rings. The Bertz CT molecular complexity index is 756. The largest absolute Gasteiger partial charge is 0.484 e. The molecular weight excluding hydrogens is 344 g/mol. The molecule has 1 fully saturated rings. The van der Waals surface area contributed by atoms with E-state index in [-0.39, 0.29) is 12.5 Å². The molecule has 0 atom stereocenters. The predicted molar refractivity (Wildman–Crippen MR) is 103 cm³/mol. The highest BCUT2D eigenvalue weighted by Gasteiger charge is 2.22. The van der Waals surface area contributed by atoms with Gasteiger partial charge in [-0.05, 0) is 23.6 Å². The third-order valence-corrected chi connectivity index (χ3v) is 4.67. The van der Waals surface area contributed by atoms with Gasteiger partial charge in [-0.3, -0.25) is 9.78 Å². The second-order valence-corrected chi connectivity index (χ2v) is 6.80. The lowest BCUT2D eigenvalue weighted by Gasteiger charge is -2.35. The van der Waals surface area contributed by atoms with Crippen LogP contribution in [-0.2, 0) is 4.79 Å². The van der Waals surface area contributed by atoms with Crippen LogP contribution in [0.15, 0.2) is 36.7 Å². The number of amides is 1. The Morgan fingerprint density at radius 2 is 1.81 bits per heavy atom. The van der Waals surface area contributed by atoms with Crippen molar-refractivity contribution in [2.75, 3.05) is 44.8 Å². The summed E-state index contributed by atoms with van der Waals surface area (Å²) in [5.41, 5.74) is 1.26. The molecule has 2 aromatic rings. The van der Waals surface area contributed by atoms with Crippen molar-refractivity contribution in [3.8, 4) is 11.6 Å². The number of benzene rings is 1. The van der Waals surface area contributed by atoms with E-state index >= 15 is 0 Å². The lowest BCUT2D eigenvalue weighted by molar-refractivity contribution is -0.133. The van der Waals surface area contributed by atoms with E-state index < -0.39 is 0 Å². The number of anilines is 1. The number of rotatable bonds is 6. The van der Waals surface area contributed by atoms with Gasteiger partial charge in [0.05, 0.1) is 19.5 Å². The number of piperazine rings is 1. The van der Waals surface area contributed by atoms with Crippen molar-refractivity contribution in [2.24, 2.45) is 0 Å². The van der Waals surface area contributed by atoms with Crippen LogP contribution in [0.25, 0.3) is 0 Å². The van der Waals surface area contributed by atoms with Crippen molar-refractivity contribution in [3.05, 3.63) is 42.2 Å². The van der Waals surface area contributed by atoms with Gasteiger partial charge in [-0.2, -0.15) is 4.98 Å². The van der Waals surface area contributed by atoms with Gasteiger partial charge in [0.15, 0.2) is 12.4 Å². The molecule has 1 aromatic heterocycles. The summed E-state index contributed by atoms with van der Waals surface area (Å²) in [6.45, 7) is 7.03. The molecule has 0 bridgehead atoms. The van der Waals surface area contributed by atoms with E-state index in [1.165, 1.54) is 5.56 Å². The first-order valence-electron chi connectivity index (χ1n) is 9.18. The maximum atomic E-state index is 12.4. The summed E-state index contributed by atoms with van der Waals surface area (Å²) in [6, 6.07) is 7.92. The van der Waals surface area contributed by atoms with Crippen LogP contribution in [0.3, 0.4) is 0 Å². The van der Waals surface area contributed by atoms with Crippen LogP contribution >= 0.6 is 0 Å². The third kappa shape index (κ3) is 4.87. The topological polar surface area (TPSA) is 67.8 Å². The number of carbonyl (C=O) groups excluding carboxylic acids is 1. The first kappa shape index (κ1) is 18.9. The SMILES string of the molecule is COc1cncc(N2CCN(C(=O)COc3ccc(C(C)C)cc3)CC2)n1. The lowest BCUT2D eigenvalue weighted by Crippen LogP contribution is -2.50. The highest BCUT2D eigenvalue weighted by atomic mass is 16.5. The van der Waals surface area contributed by atoms with Gasteiger partial charge in [0.25, 0.3) is 5.91 Å². The molecule has 0 spiro atoms. The van der Waals surface area contributed by atoms with Crippen molar-refractivity contribution in [1.29, 1.82) is 0 Å². The molecule has 1 aromatic carbocycles. The maximum Gasteiger partial charge on any atom is 0.260 e. The second-order valence-electron chi connectivity index (χ2n) is 6.80. The fourth-order valence-corrected chi connectivity index (χ4v) is 2.96. The van der Waals surface area contributed by atoms with E-state index in [1.807, 2.05) is 29.2 Å². The summed E-state index contributed by atoms with van der Waals surface area (Å²) >= 11 is 0. The lowest BCUT2D eigenvalue weighted by atomic mass is 10.0. The second kappa shape index (κ2) is 8.70. The monoisotopic (exact) mass is 370 g/mol. The van der Waals surface area contributed by atoms with E-state index in [4.69, 9.17) is 9.47 Å². The summed E-state index contributed by atoms with van der Waals surface area (Å²) in [6.07, 6.45) is 3.29. The highest BCUT2D eigenvalue weighted by Crippen LogP contribution is 2.19. The van der Waals surface area contributed by atoms with Crippen molar-refractivity contribution >= 4 is 11.7 Å².